The number of aliphatic hydroxyl groups is 1. The van der Waals surface area contributed by atoms with Crippen LogP contribution in [-0.2, 0) is 0 Å². The molecule has 0 saturated heterocycles. The quantitative estimate of drug-likeness (QED) is 0.599. The first-order valence-electron chi connectivity index (χ1n) is 8.78. The SMILES string of the molecule is CC(C)[C@H](CO)Nc1nc(Nc2ccncc2)c2ncn(C(C)C)c2n1. The maximum atomic E-state index is 9.62. The van der Waals surface area contributed by atoms with Crippen LogP contribution in [0.15, 0.2) is 30.9 Å². The summed E-state index contributed by atoms with van der Waals surface area (Å²) in [4.78, 5) is 17.8. The molecule has 3 N–H and O–H groups in total. The normalized spacial score (nSPS) is 12.7. The number of anilines is 3. The van der Waals surface area contributed by atoms with E-state index in [1.165, 1.54) is 0 Å². The highest BCUT2D eigenvalue weighted by molar-refractivity contribution is 5.86. The Balaban J connectivity index is 2.06. The molecular formula is C18H25N7O. The predicted molar refractivity (Wildman–Crippen MR) is 103 cm³/mol. The van der Waals surface area contributed by atoms with E-state index in [0.717, 1.165) is 11.3 Å². The summed E-state index contributed by atoms with van der Waals surface area (Å²) in [5.41, 5.74) is 2.31. The van der Waals surface area contributed by atoms with E-state index in [9.17, 15) is 5.11 Å². The summed E-state index contributed by atoms with van der Waals surface area (Å²) >= 11 is 0. The van der Waals surface area contributed by atoms with Gasteiger partial charge in [-0.25, -0.2) is 4.98 Å². The van der Waals surface area contributed by atoms with Crippen LogP contribution < -0.4 is 10.6 Å². The van der Waals surface area contributed by atoms with Gasteiger partial charge < -0.3 is 20.3 Å². The van der Waals surface area contributed by atoms with E-state index in [1.54, 1.807) is 18.7 Å². The van der Waals surface area contributed by atoms with Crippen molar-refractivity contribution >= 4 is 28.6 Å². The number of nitrogens with one attached hydrogen (secondary N) is 2. The molecule has 8 heteroatoms. The summed E-state index contributed by atoms with van der Waals surface area (Å²) in [5, 5.41) is 16.1. The lowest BCUT2D eigenvalue weighted by Crippen LogP contribution is -2.30. The van der Waals surface area contributed by atoms with Crippen molar-refractivity contribution in [1.29, 1.82) is 0 Å². The number of aromatic nitrogens is 5. The number of aliphatic hydroxyl groups excluding tert-OH is 1. The van der Waals surface area contributed by atoms with E-state index in [-0.39, 0.29) is 24.6 Å². The Labute approximate surface area is 152 Å². The second-order valence-electron chi connectivity index (χ2n) is 6.85. The van der Waals surface area contributed by atoms with Crippen LogP contribution in [0, 0.1) is 5.92 Å². The van der Waals surface area contributed by atoms with Gasteiger partial charge in [0.05, 0.1) is 19.0 Å². The van der Waals surface area contributed by atoms with Crippen molar-refractivity contribution in [2.24, 2.45) is 5.92 Å². The Kier molecular flexibility index (Phi) is 5.32. The Morgan fingerprint density at radius 2 is 1.85 bits per heavy atom. The summed E-state index contributed by atoms with van der Waals surface area (Å²) in [7, 11) is 0. The van der Waals surface area contributed by atoms with Crippen LogP contribution >= 0.6 is 0 Å². The third kappa shape index (κ3) is 3.75. The highest BCUT2D eigenvalue weighted by Gasteiger charge is 2.18. The maximum Gasteiger partial charge on any atom is 0.227 e. The van der Waals surface area contributed by atoms with Gasteiger partial charge in [0.25, 0.3) is 0 Å². The van der Waals surface area contributed by atoms with E-state index >= 15 is 0 Å². The molecule has 26 heavy (non-hydrogen) atoms. The molecule has 3 aromatic rings. The van der Waals surface area contributed by atoms with Crippen LogP contribution in [0.5, 0.6) is 0 Å². The fourth-order valence-corrected chi connectivity index (χ4v) is 2.61. The lowest BCUT2D eigenvalue weighted by atomic mass is 10.1. The highest BCUT2D eigenvalue weighted by Crippen LogP contribution is 2.26. The molecule has 0 spiro atoms. The topological polar surface area (TPSA) is 101 Å². The summed E-state index contributed by atoms with van der Waals surface area (Å²) in [6.45, 7) is 8.26. The van der Waals surface area contributed by atoms with Gasteiger partial charge in [0, 0.05) is 24.1 Å². The Hall–Kier alpha value is -2.74. The van der Waals surface area contributed by atoms with Crippen LogP contribution in [0.25, 0.3) is 11.2 Å². The zero-order chi connectivity index (χ0) is 18.7. The summed E-state index contributed by atoms with van der Waals surface area (Å²) in [6.07, 6.45) is 5.21. The molecule has 0 aliphatic rings. The molecule has 0 aromatic carbocycles. The zero-order valence-electron chi connectivity index (χ0n) is 15.5. The van der Waals surface area contributed by atoms with E-state index in [1.807, 2.05) is 30.5 Å². The van der Waals surface area contributed by atoms with E-state index in [0.29, 0.717) is 17.3 Å². The lowest BCUT2D eigenvalue weighted by Gasteiger charge is -2.20. The first-order chi connectivity index (χ1) is 12.5. The van der Waals surface area contributed by atoms with E-state index in [2.05, 4.69) is 44.4 Å². The second kappa shape index (κ2) is 7.65. The smallest absolute Gasteiger partial charge is 0.227 e. The van der Waals surface area contributed by atoms with Crippen molar-refractivity contribution < 1.29 is 5.11 Å². The van der Waals surface area contributed by atoms with Crippen LogP contribution in [0.4, 0.5) is 17.5 Å². The number of hydrogen-bond acceptors (Lipinski definition) is 7. The fourth-order valence-electron chi connectivity index (χ4n) is 2.61. The van der Waals surface area contributed by atoms with Crippen molar-refractivity contribution in [1.82, 2.24) is 24.5 Å². The second-order valence-corrected chi connectivity index (χ2v) is 6.85. The van der Waals surface area contributed by atoms with Gasteiger partial charge in [-0.05, 0) is 31.9 Å². The van der Waals surface area contributed by atoms with Gasteiger partial charge in [-0.3, -0.25) is 4.98 Å². The van der Waals surface area contributed by atoms with Crippen molar-refractivity contribution in [3.63, 3.8) is 0 Å². The first-order valence-corrected chi connectivity index (χ1v) is 8.78. The minimum absolute atomic E-state index is 0.00955. The molecule has 0 fully saturated rings. The molecule has 0 saturated carbocycles. The minimum atomic E-state index is -0.128. The first kappa shape index (κ1) is 18.1. The van der Waals surface area contributed by atoms with Gasteiger partial charge in [-0.2, -0.15) is 9.97 Å². The van der Waals surface area contributed by atoms with Gasteiger partial charge >= 0.3 is 0 Å². The zero-order valence-corrected chi connectivity index (χ0v) is 15.5. The average Bonchev–Trinajstić information content (AvgIpc) is 3.04. The van der Waals surface area contributed by atoms with Gasteiger partial charge in [0.15, 0.2) is 17.0 Å². The number of rotatable bonds is 7. The van der Waals surface area contributed by atoms with Gasteiger partial charge in [-0.1, -0.05) is 13.8 Å². The van der Waals surface area contributed by atoms with Crippen LogP contribution in [0.3, 0.4) is 0 Å². The third-order valence-corrected chi connectivity index (χ3v) is 4.24. The maximum absolute atomic E-state index is 9.62. The molecule has 3 rings (SSSR count). The lowest BCUT2D eigenvalue weighted by molar-refractivity contribution is 0.248. The summed E-state index contributed by atoms with van der Waals surface area (Å²) < 4.78 is 2.00. The molecule has 138 valence electrons. The van der Waals surface area contributed by atoms with Crippen molar-refractivity contribution in [3.8, 4) is 0 Å². The predicted octanol–water partition coefficient (Wildman–Crippen LogP) is 2.97. The van der Waals surface area contributed by atoms with Crippen LogP contribution in [-0.4, -0.2) is 42.3 Å². The summed E-state index contributed by atoms with van der Waals surface area (Å²) in [5.74, 6) is 1.32. The largest absolute Gasteiger partial charge is 0.394 e. The molecule has 3 aromatic heterocycles. The van der Waals surface area contributed by atoms with Gasteiger partial charge in [-0.15, -0.1) is 0 Å². The average molecular weight is 355 g/mol. The summed E-state index contributed by atoms with van der Waals surface area (Å²) in [6, 6.07) is 3.82. The molecule has 8 nitrogen and oxygen atoms in total. The molecule has 0 unspecified atom stereocenters. The number of hydrogen-bond donors (Lipinski definition) is 3. The molecule has 0 aliphatic carbocycles. The third-order valence-electron chi connectivity index (χ3n) is 4.24. The molecule has 0 aliphatic heterocycles. The molecule has 1 atom stereocenters. The molecular weight excluding hydrogens is 330 g/mol. The number of imidazole rings is 1. The Morgan fingerprint density at radius 3 is 2.46 bits per heavy atom. The number of pyridine rings is 1. The molecule has 3 heterocycles. The monoisotopic (exact) mass is 355 g/mol. The highest BCUT2D eigenvalue weighted by atomic mass is 16.3. The minimum Gasteiger partial charge on any atom is -0.394 e. The van der Waals surface area contributed by atoms with Crippen LogP contribution in [0.2, 0.25) is 0 Å². The van der Waals surface area contributed by atoms with Gasteiger partial charge in [0.1, 0.15) is 0 Å². The number of fused-ring (bicyclic) bond motifs is 1. The van der Waals surface area contributed by atoms with E-state index in [4.69, 9.17) is 0 Å². The van der Waals surface area contributed by atoms with Crippen LogP contribution in [0.1, 0.15) is 33.7 Å². The molecule has 0 radical (unpaired) electrons. The molecule has 0 amide bonds. The van der Waals surface area contributed by atoms with E-state index < -0.39 is 0 Å². The fraction of sp³-hybridized carbons (Fsp3) is 0.444. The van der Waals surface area contributed by atoms with Gasteiger partial charge in [0.2, 0.25) is 5.95 Å². The van der Waals surface area contributed by atoms with Crippen molar-refractivity contribution in [3.05, 3.63) is 30.9 Å². The Morgan fingerprint density at radius 1 is 1.12 bits per heavy atom. The van der Waals surface area contributed by atoms with Crippen molar-refractivity contribution in [2.75, 3.05) is 17.2 Å². The number of nitrogens with zero attached hydrogens (tertiary/aromatic N) is 5. The molecule has 0 bridgehead atoms. The Bertz CT molecular complexity index is 861. The standard InChI is InChI=1S/C18H25N7O/c1-11(2)14(9-26)22-18-23-16(21-13-5-7-19-8-6-13)15-17(24-18)25(10-20-15)12(3)4/h5-8,10-12,14,26H,9H2,1-4H3,(H2,19,21,22,23,24)/t14-/m0/s1. The van der Waals surface area contributed by atoms with Crippen molar-refractivity contribution in [2.45, 2.75) is 39.8 Å².